The lowest BCUT2D eigenvalue weighted by Gasteiger charge is -2.07. The SMILES string of the molecule is Cc1ccccc1CCNC(=O)c1ccnc(F)c1. The van der Waals surface area contributed by atoms with E-state index < -0.39 is 5.95 Å². The highest BCUT2D eigenvalue weighted by Gasteiger charge is 2.06. The van der Waals surface area contributed by atoms with Crippen molar-refractivity contribution in [2.45, 2.75) is 13.3 Å². The zero-order valence-electron chi connectivity index (χ0n) is 10.7. The van der Waals surface area contributed by atoms with Crippen molar-refractivity contribution in [3.8, 4) is 0 Å². The Balaban J connectivity index is 1.90. The van der Waals surface area contributed by atoms with E-state index in [9.17, 15) is 9.18 Å². The van der Waals surface area contributed by atoms with E-state index in [1.165, 1.54) is 23.4 Å². The van der Waals surface area contributed by atoms with Gasteiger partial charge in [0.1, 0.15) is 0 Å². The van der Waals surface area contributed by atoms with Crippen molar-refractivity contribution in [3.63, 3.8) is 0 Å². The molecule has 1 aromatic heterocycles. The molecule has 1 heterocycles. The predicted octanol–water partition coefficient (Wildman–Crippen LogP) is 2.50. The van der Waals surface area contributed by atoms with Crippen LogP contribution in [0.2, 0.25) is 0 Å². The highest BCUT2D eigenvalue weighted by molar-refractivity contribution is 5.93. The molecule has 2 aromatic rings. The maximum Gasteiger partial charge on any atom is 0.251 e. The van der Waals surface area contributed by atoms with Gasteiger partial charge in [0.05, 0.1) is 0 Å². The molecule has 0 aliphatic carbocycles. The second-order valence-electron chi connectivity index (χ2n) is 4.30. The number of carbonyl (C=O) groups is 1. The molecule has 1 amide bonds. The molecule has 0 spiro atoms. The van der Waals surface area contributed by atoms with Crippen LogP contribution in [0.3, 0.4) is 0 Å². The van der Waals surface area contributed by atoms with Crippen molar-refractivity contribution in [1.82, 2.24) is 10.3 Å². The third-order valence-electron chi connectivity index (χ3n) is 2.93. The van der Waals surface area contributed by atoms with E-state index in [1.54, 1.807) is 0 Å². The zero-order valence-corrected chi connectivity index (χ0v) is 10.7. The molecule has 0 fully saturated rings. The first-order chi connectivity index (χ1) is 9.16. The highest BCUT2D eigenvalue weighted by Crippen LogP contribution is 2.07. The fourth-order valence-electron chi connectivity index (χ4n) is 1.85. The topological polar surface area (TPSA) is 42.0 Å². The van der Waals surface area contributed by atoms with E-state index >= 15 is 0 Å². The van der Waals surface area contributed by atoms with Gasteiger partial charge in [0.15, 0.2) is 0 Å². The first kappa shape index (κ1) is 13.2. The number of rotatable bonds is 4. The monoisotopic (exact) mass is 258 g/mol. The molecule has 0 bridgehead atoms. The molecule has 0 saturated carbocycles. The van der Waals surface area contributed by atoms with Crippen LogP contribution in [0.25, 0.3) is 0 Å². The number of hydrogen-bond donors (Lipinski definition) is 1. The van der Waals surface area contributed by atoms with Crippen LogP contribution in [-0.4, -0.2) is 17.4 Å². The summed E-state index contributed by atoms with van der Waals surface area (Å²) in [6, 6.07) is 10.7. The first-order valence-electron chi connectivity index (χ1n) is 6.11. The Morgan fingerprint density at radius 3 is 2.84 bits per heavy atom. The number of aromatic nitrogens is 1. The summed E-state index contributed by atoms with van der Waals surface area (Å²) in [5.74, 6) is -0.929. The minimum absolute atomic E-state index is 0.283. The molecular weight excluding hydrogens is 243 g/mol. The van der Waals surface area contributed by atoms with Gasteiger partial charge in [0.25, 0.3) is 5.91 Å². The molecule has 1 N–H and O–H groups in total. The average Bonchev–Trinajstić information content (AvgIpc) is 2.41. The van der Waals surface area contributed by atoms with E-state index in [0.29, 0.717) is 6.54 Å². The van der Waals surface area contributed by atoms with E-state index in [4.69, 9.17) is 0 Å². The highest BCUT2D eigenvalue weighted by atomic mass is 19.1. The van der Waals surface area contributed by atoms with Crippen LogP contribution < -0.4 is 5.32 Å². The summed E-state index contributed by atoms with van der Waals surface area (Å²) in [5.41, 5.74) is 2.69. The van der Waals surface area contributed by atoms with Crippen LogP contribution in [0.15, 0.2) is 42.6 Å². The van der Waals surface area contributed by atoms with Gasteiger partial charge in [-0.1, -0.05) is 24.3 Å². The lowest BCUT2D eigenvalue weighted by atomic mass is 10.1. The van der Waals surface area contributed by atoms with Crippen LogP contribution in [0.1, 0.15) is 21.5 Å². The number of carbonyl (C=O) groups excluding carboxylic acids is 1. The van der Waals surface area contributed by atoms with E-state index in [0.717, 1.165) is 12.5 Å². The summed E-state index contributed by atoms with van der Waals surface area (Å²) in [4.78, 5) is 15.2. The standard InChI is InChI=1S/C15H15FN2O/c1-11-4-2-3-5-12(11)6-9-18-15(19)13-7-8-17-14(16)10-13/h2-5,7-8,10H,6,9H2,1H3,(H,18,19). The molecule has 0 radical (unpaired) electrons. The van der Waals surface area contributed by atoms with E-state index in [-0.39, 0.29) is 11.5 Å². The molecule has 19 heavy (non-hydrogen) atoms. The van der Waals surface area contributed by atoms with Crippen LogP contribution >= 0.6 is 0 Å². The third kappa shape index (κ3) is 3.61. The number of hydrogen-bond acceptors (Lipinski definition) is 2. The van der Waals surface area contributed by atoms with Crippen molar-refractivity contribution >= 4 is 5.91 Å². The molecule has 2 rings (SSSR count). The van der Waals surface area contributed by atoms with E-state index in [2.05, 4.69) is 10.3 Å². The zero-order chi connectivity index (χ0) is 13.7. The minimum atomic E-state index is -0.647. The second-order valence-corrected chi connectivity index (χ2v) is 4.30. The summed E-state index contributed by atoms with van der Waals surface area (Å²) >= 11 is 0. The van der Waals surface area contributed by atoms with Gasteiger partial charge < -0.3 is 5.32 Å². The van der Waals surface area contributed by atoms with Gasteiger partial charge in [-0.05, 0) is 30.5 Å². The quantitative estimate of drug-likeness (QED) is 0.856. The van der Waals surface area contributed by atoms with Crippen LogP contribution in [0, 0.1) is 12.9 Å². The molecule has 0 aliphatic heterocycles. The normalized spacial score (nSPS) is 10.2. The molecule has 0 saturated heterocycles. The molecule has 0 atom stereocenters. The summed E-state index contributed by atoms with van der Waals surface area (Å²) in [6.45, 7) is 2.56. The molecule has 3 nitrogen and oxygen atoms in total. The molecular formula is C15H15FN2O. The van der Waals surface area contributed by atoms with Crippen LogP contribution in [-0.2, 0) is 6.42 Å². The Morgan fingerprint density at radius 1 is 1.32 bits per heavy atom. The summed E-state index contributed by atoms with van der Waals surface area (Å²) < 4.78 is 12.9. The van der Waals surface area contributed by atoms with Crippen LogP contribution in [0.4, 0.5) is 4.39 Å². The number of pyridine rings is 1. The van der Waals surface area contributed by atoms with Gasteiger partial charge in [-0.15, -0.1) is 0 Å². The van der Waals surface area contributed by atoms with Crippen molar-refractivity contribution in [1.29, 1.82) is 0 Å². The largest absolute Gasteiger partial charge is 0.352 e. The lowest BCUT2D eigenvalue weighted by Crippen LogP contribution is -2.26. The summed E-state index contributed by atoms with van der Waals surface area (Å²) in [6.07, 6.45) is 2.04. The third-order valence-corrected chi connectivity index (χ3v) is 2.93. The summed E-state index contributed by atoms with van der Waals surface area (Å²) in [7, 11) is 0. The number of aryl methyl sites for hydroxylation is 1. The second kappa shape index (κ2) is 6.09. The number of halogens is 1. The Hall–Kier alpha value is -2.23. The molecule has 0 unspecified atom stereocenters. The fraction of sp³-hybridized carbons (Fsp3) is 0.200. The fourth-order valence-corrected chi connectivity index (χ4v) is 1.85. The van der Waals surface area contributed by atoms with Gasteiger partial charge >= 0.3 is 0 Å². The first-order valence-corrected chi connectivity index (χ1v) is 6.11. The van der Waals surface area contributed by atoms with Crippen LogP contribution in [0.5, 0.6) is 0 Å². The van der Waals surface area contributed by atoms with Crippen molar-refractivity contribution < 1.29 is 9.18 Å². The molecule has 98 valence electrons. The van der Waals surface area contributed by atoms with Crippen molar-refractivity contribution in [3.05, 3.63) is 65.2 Å². The number of amides is 1. The molecule has 4 heteroatoms. The van der Waals surface area contributed by atoms with Crippen molar-refractivity contribution in [2.75, 3.05) is 6.54 Å². The molecule has 1 aromatic carbocycles. The number of benzene rings is 1. The van der Waals surface area contributed by atoms with E-state index in [1.807, 2.05) is 31.2 Å². The lowest BCUT2D eigenvalue weighted by molar-refractivity contribution is 0.0953. The molecule has 0 aliphatic rings. The average molecular weight is 258 g/mol. The van der Waals surface area contributed by atoms with Gasteiger partial charge in [-0.25, -0.2) is 4.98 Å². The Kier molecular flexibility index (Phi) is 4.23. The Bertz CT molecular complexity index is 584. The number of nitrogens with one attached hydrogen (secondary N) is 1. The predicted molar refractivity (Wildman–Crippen MR) is 71.4 cm³/mol. The van der Waals surface area contributed by atoms with Gasteiger partial charge in [0.2, 0.25) is 5.95 Å². The summed E-state index contributed by atoms with van der Waals surface area (Å²) in [5, 5.41) is 2.77. The number of nitrogens with zero attached hydrogens (tertiary/aromatic N) is 1. The Morgan fingerprint density at radius 2 is 2.11 bits per heavy atom. The maximum atomic E-state index is 12.9. The van der Waals surface area contributed by atoms with Gasteiger partial charge in [-0.3, -0.25) is 4.79 Å². The smallest absolute Gasteiger partial charge is 0.251 e. The van der Waals surface area contributed by atoms with Crippen molar-refractivity contribution in [2.24, 2.45) is 0 Å². The maximum absolute atomic E-state index is 12.9. The minimum Gasteiger partial charge on any atom is -0.352 e. The van der Waals surface area contributed by atoms with Gasteiger partial charge in [-0.2, -0.15) is 4.39 Å². The Labute approximate surface area is 111 Å². The van der Waals surface area contributed by atoms with Gasteiger partial charge in [0, 0.05) is 24.4 Å².